The Morgan fingerprint density at radius 3 is 2.53 bits per heavy atom. The van der Waals surface area contributed by atoms with Gasteiger partial charge in [0.1, 0.15) is 0 Å². The maximum Gasteiger partial charge on any atom is 0.311 e. The molecule has 0 saturated carbocycles. The molecule has 0 amide bonds. The van der Waals surface area contributed by atoms with Crippen molar-refractivity contribution < 1.29 is 9.66 Å². The Morgan fingerprint density at radius 2 is 2.13 bits per heavy atom. The number of nitrogens with zero attached hydrogens (tertiary/aromatic N) is 1. The molecule has 1 atom stereocenters. The van der Waals surface area contributed by atoms with Crippen molar-refractivity contribution in [1.82, 2.24) is 0 Å². The molecule has 0 spiro atoms. The number of rotatable bonds is 3. The molecule has 0 radical (unpaired) electrons. The molecule has 1 aromatic rings. The average Bonchev–Trinajstić information content (AvgIpc) is 2.16. The topological polar surface area (TPSA) is 78.4 Å². The Hall–Kier alpha value is -1.33. The van der Waals surface area contributed by atoms with E-state index in [0.29, 0.717) is 0 Å². The predicted molar refractivity (Wildman–Crippen MR) is 59.5 cm³/mol. The van der Waals surface area contributed by atoms with E-state index in [2.05, 4.69) is 0 Å². The van der Waals surface area contributed by atoms with Gasteiger partial charge in [-0.1, -0.05) is 6.07 Å². The number of nitro benzene ring substituents is 1. The van der Waals surface area contributed by atoms with Gasteiger partial charge in [-0.05, 0) is 18.6 Å². The van der Waals surface area contributed by atoms with Crippen molar-refractivity contribution in [3.8, 4) is 5.75 Å². The van der Waals surface area contributed by atoms with Crippen molar-refractivity contribution >= 4 is 18.1 Å². The SMILES string of the molecule is COc1ccc(C(C)N)cc1[N+](=O)[O-].Cl. The molecule has 84 valence electrons. The molecule has 0 aliphatic heterocycles. The fourth-order valence-electron chi connectivity index (χ4n) is 1.13. The van der Waals surface area contributed by atoms with Gasteiger partial charge < -0.3 is 10.5 Å². The predicted octanol–water partition coefficient (Wildman–Crippen LogP) is 2.04. The van der Waals surface area contributed by atoms with E-state index in [1.54, 1.807) is 19.1 Å². The minimum absolute atomic E-state index is 0. The van der Waals surface area contributed by atoms with E-state index in [1.807, 2.05) is 0 Å². The molecule has 5 nitrogen and oxygen atoms in total. The highest BCUT2D eigenvalue weighted by atomic mass is 35.5. The van der Waals surface area contributed by atoms with E-state index < -0.39 is 4.92 Å². The first-order valence-electron chi connectivity index (χ1n) is 4.14. The van der Waals surface area contributed by atoms with Crippen LogP contribution in [0.15, 0.2) is 18.2 Å². The van der Waals surface area contributed by atoms with Gasteiger partial charge in [0.05, 0.1) is 12.0 Å². The summed E-state index contributed by atoms with van der Waals surface area (Å²) in [5.74, 6) is 0.249. The lowest BCUT2D eigenvalue weighted by Gasteiger charge is -2.07. The van der Waals surface area contributed by atoms with Gasteiger partial charge >= 0.3 is 5.69 Å². The first-order valence-corrected chi connectivity index (χ1v) is 4.14. The molecular weight excluding hydrogens is 220 g/mol. The van der Waals surface area contributed by atoms with Gasteiger partial charge in [0.25, 0.3) is 0 Å². The van der Waals surface area contributed by atoms with Crippen LogP contribution in [0.25, 0.3) is 0 Å². The maximum absolute atomic E-state index is 10.6. The van der Waals surface area contributed by atoms with Gasteiger partial charge in [-0.2, -0.15) is 0 Å². The van der Waals surface area contributed by atoms with Gasteiger partial charge in [0.15, 0.2) is 5.75 Å². The summed E-state index contributed by atoms with van der Waals surface area (Å²) in [6.07, 6.45) is 0. The third-order valence-corrected chi connectivity index (χ3v) is 1.93. The van der Waals surface area contributed by atoms with E-state index >= 15 is 0 Å². The first kappa shape index (κ1) is 13.7. The molecular formula is C9H13ClN2O3. The monoisotopic (exact) mass is 232 g/mol. The molecule has 0 aliphatic carbocycles. The molecule has 0 fully saturated rings. The third-order valence-electron chi connectivity index (χ3n) is 1.93. The van der Waals surface area contributed by atoms with Crippen LogP contribution in [0.5, 0.6) is 5.75 Å². The lowest BCUT2D eigenvalue weighted by molar-refractivity contribution is -0.385. The molecule has 0 saturated heterocycles. The van der Waals surface area contributed by atoms with Crippen LogP contribution in [0.1, 0.15) is 18.5 Å². The number of nitrogens with two attached hydrogens (primary N) is 1. The molecule has 0 heterocycles. The van der Waals surface area contributed by atoms with Crippen LogP contribution in [0.4, 0.5) is 5.69 Å². The van der Waals surface area contributed by atoms with Crippen molar-refractivity contribution in [3.05, 3.63) is 33.9 Å². The number of nitro groups is 1. The van der Waals surface area contributed by atoms with E-state index in [1.165, 1.54) is 13.2 Å². The average molecular weight is 233 g/mol. The number of halogens is 1. The van der Waals surface area contributed by atoms with Gasteiger partial charge in [0, 0.05) is 12.1 Å². The fraction of sp³-hybridized carbons (Fsp3) is 0.333. The molecule has 0 aromatic heterocycles. The number of ether oxygens (including phenoxy) is 1. The molecule has 0 aliphatic rings. The Bertz CT molecular complexity index is 355. The molecule has 1 unspecified atom stereocenters. The van der Waals surface area contributed by atoms with E-state index in [-0.39, 0.29) is 29.9 Å². The number of hydrogen-bond donors (Lipinski definition) is 1. The Morgan fingerprint density at radius 1 is 1.53 bits per heavy atom. The lowest BCUT2D eigenvalue weighted by Crippen LogP contribution is -2.05. The molecule has 0 bridgehead atoms. The van der Waals surface area contributed by atoms with Crippen molar-refractivity contribution in [2.75, 3.05) is 7.11 Å². The number of methoxy groups -OCH3 is 1. The molecule has 1 rings (SSSR count). The quantitative estimate of drug-likeness (QED) is 0.639. The summed E-state index contributed by atoms with van der Waals surface area (Å²) in [6.45, 7) is 1.77. The standard InChI is InChI=1S/C9H12N2O3.ClH/c1-6(10)7-3-4-9(14-2)8(5-7)11(12)13;/h3-6H,10H2,1-2H3;1H. The molecule has 1 aromatic carbocycles. The van der Waals surface area contributed by atoms with Gasteiger partial charge in [-0.15, -0.1) is 12.4 Å². The molecule has 2 N–H and O–H groups in total. The summed E-state index contributed by atoms with van der Waals surface area (Å²) in [7, 11) is 1.40. The van der Waals surface area contributed by atoms with Crippen LogP contribution >= 0.6 is 12.4 Å². The lowest BCUT2D eigenvalue weighted by atomic mass is 10.1. The normalized spacial score (nSPS) is 11.4. The smallest absolute Gasteiger partial charge is 0.311 e. The second kappa shape index (κ2) is 5.53. The second-order valence-electron chi connectivity index (χ2n) is 2.98. The highest BCUT2D eigenvalue weighted by Gasteiger charge is 2.15. The van der Waals surface area contributed by atoms with Crippen molar-refractivity contribution in [2.24, 2.45) is 5.73 Å². The van der Waals surface area contributed by atoms with Crippen LogP contribution in [-0.2, 0) is 0 Å². The van der Waals surface area contributed by atoms with Gasteiger partial charge in [0.2, 0.25) is 0 Å². The van der Waals surface area contributed by atoms with Gasteiger partial charge in [-0.25, -0.2) is 0 Å². The zero-order chi connectivity index (χ0) is 10.7. The minimum atomic E-state index is -0.481. The third kappa shape index (κ3) is 3.07. The molecule has 6 heteroatoms. The number of benzene rings is 1. The summed E-state index contributed by atoms with van der Waals surface area (Å²) in [6, 6.07) is 4.48. The summed E-state index contributed by atoms with van der Waals surface area (Å²) >= 11 is 0. The van der Waals surface area contributed by atoms with Crippen LogP contribution in [0, 0.1) is 10.1 Å². The summed E-state index contributed by atoms with van der Waals surface area (Å²) < 4.78 is 4.86. The summed E-state index contributed by atoms with van der Waals surface area (Å²) in [5.41, 5.74) is 6.28. The van der Waals surface area contributed by atoms with Crippen LogP contribution < -0.4 is 10.5 Å². The van der Waals surface area contributed by atoms with E-state index in [0.717, 1.165) is 5.56 Å². The van der Waals surface area contributed by atoms with Crippen molar-refractivity contribution in [2.45, 2.75) is 13.0 Å². The number of hydrogen-bond acceptors (Lipinski definition) is 4. The Kier molecular flexibility index (Phi) is 5.04. The van der Waals surface area contributed by atoms with E-state index in [9.17, 15) is 10.1 Å². The van der Waals surface area contributed by atoms with E-state index in [4.69, 9.17) is 10.5 Å². The summed E-state index contributed by atoms with van der Waals surface area (Å²) in [5, 5.41) is 10.6. The maximum atomic E-state index is 10.6. The van der Waals surface area contributed by atoms with Crippen LogP contribution in [-0.4, -0.2) is 12.0 Å². The Labute approximate surface area is 93.8 Å². The zero-order valence-corrected chi connectivity index (χ0v) is 9.28. The largest absolute Gasteiger partial charge is 0.490 e. The zero-order valence-electron chi connectivity index (χ0n) is 8.47. The Balaban J connectivity index is 0.00000196. The first-order chi connectivity index (χ1) is 6.56. The highest BCUT2D eigenvalue weighted by Crippen LogP contribution is 2.28. The minimum Gasteiger partial charge on any atom is -0.490 e. The van der Waals surface area contributed by atoms with Crippen LogP contribution in [0.2, 0.25) is 0 Å². The van der Waals surface area contributed by atoms with Crippen LogP contribution in [0.3, 0.4) is 0 Å². The summed E-state index contributed by atoms with van der Waals surface area (Å²) in [4.78, 5) is 10.2. The highest BCUT2D eigenvalue weighted by molar-refractivity contribution is 5.85. The van der Waals surface area contributed by atoms with Crippen molar-refractivity contribution in [3.63, 3.8) is 0 Å². The van der Waals surface area contributed by atoms with Gasteiger partial charge in [-0.3, -0.25) is 10.1 Å². The molecule has 15 heavy (non-hydrogen) atoms. The van der Waals surface area contributed by atoms with Crippen molar-refractivity contribution in [1.29, 1.82) is 0 Å². The second-order valence-corrected chi connectivity index (χ2v) is 2.98. The fourth-order valence-corrected chi connectivity index (χ4v) is 1.13.